The van der Waals surface area contributed by atoms with Crippen molar-refractivity contribution in [1.82, 2.24) is 9.13 Å². The molecule has 0 radical (unpaired) electrons. The molecule has 0 aliphatic rings. The number of para-hydroxylation sites is 4. The molecule has 0 spiro atoms. The second-order valence-corrected chi connectivity index (χ2v) is 11.0. The van der Waals surface area contributed by atoms with Crippen LogP contribution in [0.4, 0.5) is 0 Å². The molecule has 7 aromatic carbocycles. The molecule has 0 amide bonds. The van der Waals surface area contributed by atoms with Gasteiger partial charge in [-0.15, -0.1) is 0 Å². The molecule has 0 N–H and O–H groups in total. The number of nitrogens with zero attached hydrogens (tertiary/aromatic N) is 2. The van der Waals surface area contributed by atoms with E-state index in [1.54, 1.807) is 0 Å². The standard InChI is InChI=1S/C40H26N2/c1-2-14-31-27(12-1)13-11-19-32(31)28-24-29(41-37-20-7-3-15-33(37)34-16-4-8-21-38(34)41)26-30(25-28)42-39-22-9-5-17-35(39)36-18-6-10-23-40(36)42/h1-26H/i41+1,42+1. The maximum atomic E-state index is 2.43. The Morgan fingerprint density at radius 2 is 0.690 bits per heavy atom. The van der Waals surface area contributed by atoms with E-state index in [4.69, 9.17) is 0 Å². The normalized spacial score (nSPS) is 11.8. The van der Waals surface area contributed by atoms with Crippen LogP contribution in [-0.2, 0) is 0 Å². The van der Waals surface area contributed by atoms with E-state index < -0.39 is 0 Å². The summed E-state index contributed by atoms with van der Waals surface area (Å²) >= 11 is 0. The molecule has 2 heterocycles. The molecule has 42 heavy (non-hydrogen) atoms. The minimum Gasteiger partial charge on any atom is -0.309 e. The molecule has 9 aromatic rings. The van der Waals surface area contributed by atoms with E-state index in [-0.39, 0.29) is 0 Å². The molecular weight excluding hydrogens is 510 g/mol. The summed E-state index contributed by atoms with van der Waals surface area (Å²) in [7, 11) is 0. The number of hydrogen-bond acceptors (Lipinski definition) is 0. The Bertz CT molecular complexity index is 2230. The molecular formula is C40H26N2. The molecule has 0 atom stereocenters. The first kappa shape index (κ1) is 23.1. The topological polar surface area (TPSA) is 9.86 Å². The zero-order chi connectivity index (χ0) is 27.6. The van der Waals surface area contributed by atoms with Crippen molar-refractivity contribution in [3.63, 3.8) is 0 Å². The van der Waals surface area contributed by atoms with Gasteiger partial charge < -0.3 is 9.13 Å². The van der Waals surface area contributed by atoms with E-state index in [1.807, 2.05) is 0 Å². The van der Waals surface area contributed by atoms with Crippen LogP contribution in [0.3, 0.4) is 0 Å². The minimum absolute atomic E-state index is 1.15. The Hall–Kier alpha value is -5.60. The highest BCUT2D eigenvalue weighted by atomic mass is 15.7. The average Bonchev–Trinajstić information content (AvgIpc) is 3.57. The van der Waals surface area contributed by atoms with Crippen molar-refractivity contribution in [2.45, 2.75) is 0 Å². The van der Waals surface area contributed by atoms with Gasteiger partial charge in [-0.25, -0.2) is 0 Å². The Morgan fingerprint density at radius 1 is 0.310 bits per heavy atom. The lowest BCUT2D eigenvalue weighted by Crippen LogP contribution is -2.00. The zero-order valence-corrected chi connectivity index (χ0v) is 22.9. The molecule has 0 aliphatic carbocycles. The molecule has 196 valence electrons. The van der Waals surface area contributed by atoms with E-state index in [2.05, 4.69) is 167 Å². The molecule has 0 fully saturated rings. The van der Waals surface area contributed by atoms with Crippen molar-refractivity contribution in [1.29, 1.82) is 0 Å². The first-order valence-electron chi connectivity index (χ1n) is 14.5. The Kier molecular flexibility index (Phi) is 4.93. The fourth-order valence-electron chi connectivity index (χ4n) is 6.89. The van der Waals surface area contributed by atoms with Crippen molar-refractivity contribution >= 4 is 54.4 Å². The SMILES string of the molecule is c1ccc2c(-c3cc(-[15n]4c5ccccc5c5ccccc54)cc(-[15n]4c5ccccc5c5ccccc54)c3)cccc2c1. The number of rotatable bonds is 3. The summed E-state index contributed by atoms with van der Waals surface area (Å²) in [4.78, 5) is 0. The fraction of sp³-hybridized carbons (Fsp3) is 0. The summed E-state index contributed by atoms with van der Waals surface area (Å²) in [5.74, 6) is 0. The molecule has 2 nitrogen and oxygen atoms in total. The minimum atomic E-state index is 1.15. The van der Waals surface area contributed by atoms with Gasteiger partial charge in [-0.3, -0.25) is 0 Å². The largest absolute Gasteiger partial charge is 0.309 e. The third-order valence-corrected chi connectivity index (χ3v) is 8.68. The summed E-state index contributed by atoms with van der Waals surface area (Å²) in [6.45, 7) is 0. The van der Waals surface area contributed by atoms with Gasteiger partial charge in [0, 0.05) is 32.9 Å². The van der Waals surface area contributed by atoms with Crippen LogP contribution in [0.25, 0.3) is 76.9 Å². The lowest BCUT2D eigenvalue weighted by molar-refractivity contribution is 1.13. The zero-order valence-electron chi connectivity index (χ0n) is 22.9. The quantitative estimate of drug-likeness (QED) is 0.213. The van der Waals surface area contributed by atoms with Gasteiger partial charge in [0.15, 0.2) is 0 Å². The molecule has 2 aromatic heterocycles. The van der Waals surface area contributed by atoms with Gasteiger partial charge in [0.1, 0.15) is 0 Å². The van der Waals surface area contributed by atoms with Gasteiger partial charge in [0.2, 0.25) is 0 Å². The predicted molar refractivity (Wildman–Crippen MR) is 178 cm³/mol. The summed E-state index contributed by atoms with van der Waals surface area (Å²) < 4.78 is 4.85. The number of benzene rings is 7. The predicted octanol–water partition coefficient (Wildman–Crippen LogP) is 10.7. The fourth-order valence-corrected chi connectivity index (χ4v) is 6.89. The molecule has 9 rings (SSSR count). The van der Waals surface area contributed by atoms with Crippen LogP contribution < -0.4 is 0 Å². The maximum Gasteiger partial charge on any atom is 0.0541 e. The van der Waals surface area contributed by atoms with Gasteiger partial charge in [-0.05, 0) is 64.4 Å². The van der Waals surface area contributed by atoms with E-state index in [0.717, 1.165) is 11.4 Å². The van der Waals surface area contributed by atoms with E-state index in [1.165, 1.54) is 65.5 Å². The van der Waals surface area contributed by atoms with Crippen LogP contribution in [0.2, 0.25) is 0 Å². The van der Waals surface area contributed by atoms with Crippen LogP contribution in [0.5, 0.6) is 0 Å². The van der Waals surface area contributed by atoms with Crippen LogP contribution in [0.15, 0.2) is 158 Å². The molecule has 2 heteroatoms. The van der Waals surface area contributed by atoms with Gasteiger partial charge in [-0.1, -0.05) is 115 Å². The lowest BCUT2D eigenvalue weighted by Gasteiger charge is -2.16. The van der Waals surface area contributed by atoms with E-state index in [9.17, 15) is 0 Å². The van der Waals surface area contributed by atoms with Gasteiger partial charge in [0.05, 0.1) is 22.1 Å². The lowest BCUT2D eigenvalue weighted by atomic mass is 9.97. The van der Waals surface area contributed by atoms with Crippen LogP contribution >= 0.6 is 0 Å². The smallest absolute Gasteiger partial charge is 0.0541 e. The molecule has 0 bridgehead atoms. The summed E-state index contributed by atoms with van der Waals surface area (Å²) in [6.07, 6.45) is 0. The number of fused-ring (bicyclic) bond motifs is 7. The number of aromatic nitrogens is 2. The van der Waals surface area contributed by atoms with Gasteiger partial charge in [0.25, 0.3) is 0 Å². The second kappa shape index (κ2) is 8.95. The monoisotopic (exact) mass is 536 g/mol. The van der Waals surface area contributed by atoms with Crippen molar-refractivity contribution in [2.75, 3.05) is 0 Å². The Labute approximate surface area is 243 Å². The third kappa shape index (κ3) is 3.33. The van der Waals surface area contributed by atoms with Crippen molar-refractivity contribution in [3.05, 3.63) is 158 Å². The summed E-state index contributed by atoms with van der Waals surface area (Å²) in [5.41, 5.74) is 9.57. The summed E-state index contributed by atoms with van der Waals surface area (Å²) in [5, 5.41) is 7.57. The number of hydrogen-bond donors (Lipinski definition) is 0. The first-order valence-corrected chi connectivity index (χ1v) is 14.5. The second-order valence-electron chi connectivity index (χ2n) is 11.0. The van der Waals surface area contributed by atoms with Crippen LogP contribution in [0.1, 0.15) is 0 Å². The van der Waals surface area contributed by atoms with Crippen LogP contribution in [0, 0.1) is 0 Å². The Morgan fingerprint density at radius 3 is 1.17 bits per heavy atom. The molecule has 0 saturated carbocycles. The molecule has 0 unspecified atom stereocenters. The highest BCUT2D eigenvalue weighted by Gasteiger charge is 2.17. The van der Waals surface area contributed by atoms with Crippen LogP contribution in [-0.4, -0.2) is 9.13 Å². The summed E-state index contributed by atoms with van der Waals surface area (Å²) in [6, 6.07) is 57.3. The van der Waals surface area contributed by atoms with Crippen molar-refractivity contribution in [2.24, 2.45) is 0 Å². The first-order chi connectivity index (χ1) is 20.8. The van der Waals surface area contributed by atoms with Crippen molar-refractivity contribution < 1.29 is 0 Å². The van der Waals surface area contributed by atoms with E-state index in [0.29, 0.717) is 0 Å². The van der Waals surface area contributed by atoms with Crippen molar-refractivity contribution in [3.8, 4) is 22.5 Å². The molecule has 0 aliphatic heterocycles. The average molecular weight is 537 g/mol. The third-order valence-electron chi connectivity index (χ3n) is 8.68. The Balaban J connectivity index is 1.44. The maximum absolute atomic E-state index is 2.43. The molecule has 0 saturated heterocycles. The highest BCUT2D eigenvalue weighted by Crippen LogP contribution is 2.38. The highest BCUT2D eigenvalue weighted by molar-refractivity contribution is 6.11. The van der Waals surface area contributed by atoms with Gasteiger partial charge in [-0.2, -0.15) is 0 Å². The van der Waals surface area contributed by atoms with E-state index >= 15 is 0 Å². The van der Waals surface area contributed by atoms with Gasteiger partial charge >= 0.3 is 0 Å².